The van der Waals surface area contributed by atoms with Crippen molar-refractivity contribution in [1.29, 1.82) is 5.26 Å². The Bertz CT molecular complexity index is 164. The second kappa shape index (κ2) is 6.05. The van der Waals surface area contributed by atoms with Gasteiger partial charge < -0.3 is 5.32 Å². The SMILES string of the molecule is CCC(C#N)SCC(=O)NC. The lowest BCUT2D eigenvalue weighted by molar-refractivity contribution is -0.118. The molecule has 1 N–H and O–H groups in total. The summed E-state index contributed by atoms with van der Waals surface area (Å²) in [6.07, 6.45) is 0.790. The van der Waals surface area contributed by atoms with Crippen molar-refractivity contribution in [1.82, 2.24) is 5.32 Å². The van der Waals surface area contributed by atoms with Gasteiger partial charge in [-0.15, -0.1) is 11.8 Å². The Morgan fingerprint density at radius 1 is 1.82 bits per heavy atom. The van der Waals surface area contributed by atoms with E-state index in [1.54, 1.807) is 7.05 Å². The molecule has 0 rings (SSSR count). The molecule has 0 spiro atoms. The summed E-state index contributed by atoms with van der Waals surface area (Å²) in [6.45, 7) is 1.94. The molecule has 0 saturated heterocycles. The third-order valence-corrected chi connectivity index (χ3v) is 2.48. The molecule has 3 nitrogen and oxygen atoms in total. The molecule has 4 heteroatoms. The summed E-state index contributed by atoms with van der Waals surface area (Å²) in [5, 5.41) is 11.0. The lowest BCUT2D eigenvalue weighted by Gasteiger charge is -2.03. The van der Waals surface area contributed by atoms with Gasteiger partial charge >= 0.3 is 0 Å². The van der Waals surface area contributed by atoms with Crippen LogP contribution < -0.4 is 5.32 Å². The minimum atomic E-state index is -0.0488. The number of hydrogen-bond acceptors (Lipinski definition) is 3. The first-order valence-corrected chi connectivity index (χ1v) is 4.51. The lowest BCUT2D eigenvalue weighted by Crippen LogP contribution is -2.21. The van der Waals surface area contributed by atoms with Crippen LogP contribution in [-0.4, -0.2) is 24.0 Å². The maximum Gasteiger partial charge on any atom is 0.229 e. The maximum absolute atomic E-state index is 10.7. The standard InChI is InChI=1S/C7H12N2OS/c1-3-6(4-8)11-5-7(10)9-2/h6H,3,5H2,1-2H3,(H,9,10). The van der Waals surface area contributed by atoms with Crippen LogP contribution in [0.5, 0.6) is 0 Å². The molecule has 0 aliphatic heterocycles. The van der Waals surface area contributed by atoms with Crippen molar-refractivity contribution in [2.45, 2.75) is 18.6 Å². The van der Waals surface area contributed by atoms with Crippen LogP contribution in [0.15, 0.2) is 0 Å². The molecule has 0 bridgehead atoms. The average molecular weight is 172 g/mol. The molecule has 11 heavy (non-hydrogen) atoms. The van der Waals surface area contributed by atoms with E-state index >= 15 is 0 Å². The highest BCUT2D eigenvalue weighted by Gasteiger charge is 2.06. The highest BCUT2D eigenvalue weighted by Crippen LogP contribution is 2.12. The number of hydrogen-bond donors (Lipinski definition) is 1. The number of carbonyl (C=O) groups excluding carboxylic acids is 1. The molecule has 62 valence electrons. The number of nitrogens with one attached hydrogen (secondary N) is 1. The summed E-state index contributed by atoms with van der Waals surface area (Å²) in [4.78, 5) is 10.7. The topological polar surface area (TPSA) is 52.9 Å². The van der Waals surface area contributed by atoms with E-state index in [1.165, 1.54) is 11.8 Å². The molecule has 0 aliphatic carbocycles. The van der Waals surface area contributed by atoms with Gasteiger partial charge in [0.05, 0.1) is 17.1 Å². The van der Waals surface area contributed by atoms with Crippen LogP contribution in [0.1, 0.15) is 13.3 Å². The molecule has 0 aliphatic rings. The van der Waals surface area contributed by atoms with E-state index in [2.05, 4.69) is 11.4 Å². The van der Waals surface area contributed by atoms with E-state index in [-0.39, 0.29) is 11.2 Å². The number of amides is 1. The third kappa shape index (κ3) is 4.68. The van der Waals surface area contributed by atoms with E-state index in [1.807, 2.05) is 6.92 Å². The van der Waals surface area contributed by atoms with E-state index in [0.717, 1.165) is 6.42 Å². The summed E-state index contributed by atoms with van der Waals surface area (Å²) in [5.74, 6) is 0.353. The Labute approximate surface area is 71.2 Å². The van der Waals surface area contributed by atoms with Crippen LogP contribution in [-0.2, 0) is 4.79 Å². The van der Waals surface area contributed by atoms with Crippen molar-refractivity contribution in [3.05, 3.63) is 0 Å². The molecule has 0 saturated carbocycles. The number of rotatable bonds is 4. The summed E-state index contributed by atoms with van der Waals surface area (Å²) in [6, 6.07) is 2.11. The monoisotopic (exact) mass is 172 g/mol. The van der Waals surface area contributed by atoms with Gasteiger partial charge in [0, 0.05) is 7.05 Å². The van der Waals surface area contributed by atoms with Gasteiger partial charge in [0.15, 0.2) is 0 Å². The minimum absolute atomic E-state index is 0.0244. The normalized spacial score (nSPS) is 11.7. The zero-order valence-electron chi connectivity index (χ0n) is 6.76. The van der Waals surface area contributed by atoms with Crippen LogP contribution in [0.2, 0.25) is 0 Å². The van der Waals surface area contributed by atoms with Crippen molar-refractivity contribution in [3.63, 3.8) is 0 Å². The summed E-state index contributed by atoms with van der Waals surface area (Å²) in [5.41, 5.74) is 0. The Balaban J connectivity index is 3.52. The van der Waals surface area contributed by atoms with Gasteiger partial charge in [-0.25, -0.2) is 0 Å². The fourth-order valence-corrected chi connectivity index (χ4v) is 1.30. The van der Waals surface area contributed by atoms with Gasteiger partial charge in [-0.1, -0.05) is 6.92 Å². The summed E-state index contributed by atoms with van der Waals surface area (Å²) >= 11 is 1.38. The van der Waals surface area contributed by atoms with E-state index in [4.69, 9.17) is 5.26 Å². The Kier molecular flexibility index (Phi) is 5.67. The zero-order valence-corrected chi connectivity index (χ0v) is 7.57. The van der Waals surface area contributed by atoms with Crippen LogP contribution in [0.3, 0.4) is 0 Å². The fraction of sp³-hybridized carbons (Fsp3) is 0.714. The smallest absolute Gasteiger partial charge is 0.229 e. The Morgan fingerprint density at radius 3 is 2.82 bits per heavy atom. The van der Waals surface area contributed by atoms with Gasteiger partial charge in [0.1, 0.15) is 0 Å². The van der Waals surface area contributed by atoms with Crippen LogP contribution in [0, 0.1) is 11.3 Å². The van der Waals surface area contributed by atoms with Crippen LogP contribution in [0.25, 0.3) is 0 Å². The third-order valence-electron chi connectivity index (χ3n) is 1.21. The van der Waals surface area contributed by atoms with E-state index < -0.39 is 0 Å². The van der Waals surface area contributed by atoms with Gasteiger partial charge in [-0.3, -0.25) is 4.79 Å². The first kappa shape index (κ1) is 10.3. The van der Waals surface area contributed by atoms with E-state index in [9.17, 15) is 4.79 Å². The molecule has 0 aromatic heterocycles. The van der Waals surface area contributed by atoms with E-state index in [0.29, 0.717) is 5.75 Å². The second-order valence-electron chi connectivity index (χ2n) is 2.01. The Hall–Kier alpha value is -0.690. The highest BCUT2D eigenvalue weighted by molar-refractivity contribution is 8.00. The highest BCUT2D eigenvalue weighted by atomic mass is 32.2. The van der Waals surface area contributed by atoms with Crippen molar-refractivity contribution < 1.29 is 4.79 Å². The van der Waals surface area contributed by atoms with Gasteiger partial charge in [-0.2, -0.15) is 5.26 Å². The molecule has 0 fully saturated rings. The molecular formula is C7H12N2OS. The molecule has 0 aromatic carbocycles. The predicted octanol–water partition coefficient (Wildman–Crippen LogP) is 0.768. The number of nitrogens with zero attached hydrogens (tertiary/aromatic N) is 1. The van der Waals surface area contributed by atoms with Crippen molar-refractivity contribution >= 4 is 17.7 Å². The molecule has 1 atom stereocenters. The van der Waals surface area contributed by atoms with Gasteiger partial charge in [0.25, 0.3) is 0 Å². The quantitative estimate of drug-likeness (QED) is 0.681. The minimum Gasteiger partial charge on any atom is -0.358 e. The van der Waals surface area contributed by atoms with Gasteiger partial charge in [0.2, 0.25) is 5.91 Å². The Morgan fingerprint density at radius 2 is 2.45 bits per heavy atom. The van der Waals surface area contributed by atoms with Crippen molar-refractivity contribution in [3.8, 4) is 6.07 Å². The number of carbonyl (C=O) groups is 1. The maximum atomic E-state index is 10.7. The van der Waals surface area contributed by atoms with Crippen molar-refractivity contribution in [2.75, 3.05) is 12.8 Å². The van der Waals surface area contributed by atoms with Crippen molar-refractivity contribution in [2.24, 2.45) is 0 Å². The molecule has 0 aromatic rings. The second-order valence-corrected chi connectivity index (χ2v) is 3.20. The molecule has 1 amide bonds. The first-order chi connectivity index (χ1) is 5.24. The zero-order chi connectivity index (χ0) is 8.69. The molecule has 0 heterocycles. The number of thioether (sulfide) groups is 1. The number of nitriles is 1. The lowest BCUT2D eigenvalue weighted by atomic mass is 10.4. The largest absolute Gasteiger partial charge is 0.358 e. The summed E-state index contributed by atoms with van der Waals surface area (Å²) in [7, 11) is 1.59. The molecule has 0 radical (unpaired) electrons. The van der Waals surface area contributed by atoms with Crippen LogP contribution >= 0.6 is 11.8 Å². The van der Waals surface area contributed by atoms with Crippen LogP contribution in [0.4, 0.5) is 0 Å². The van der Waals surface area contributed by atoms with Gasteiger partial charge in [-0.05, 0) is 6.42 Å². The molecular weight excluding hydrogens is 160 g/mol. The fourth-order valence-electron chi connectivity index (χ4n) is 0.495. The first-order valence-electron chi connectivity index (χ1n) is 3.46. The molecule has 1 unspecified atom stereocenters. The predicted molar refractivity (Wildman–Crippen MR) is 46.2 cm³/mol. The summed E-state index contributed by atoms with van der Waals surface area (Å²) < 4.78 is 0. The average Bonchev–Trinajstić information content (AvgIpc) is 2.06.